The van der Waals surface area contributed by atoms with E-state index >= 15 is 0 Å². The van der Waals surface area contributed by atoms with Crippen molar-refractivity contribution in [3.8, 4) is 0 Å². The van der Waals surface area contributed by atoms with Gasteiger partial charge in [0.25, 0.3) is 5.91 Å². The van der Waals surface area contributed by atoms with Crippen LogP contribution in [0.15, 0.2) is 47.4 Å². The zero-order valence-electron chi connectivity index (χ0n) is 24.5. The molecule has 4 rings (SSSR count). The predicted molar refractivity (Wildman–Crippen MR) is 156 cm³/mol. The quantitative estimate of drug-likeness (QED) is 0.454. The van der Waals surface area contributed by atoms with Gasteiger partial charge in [-0.2, -0.15) is 4.98 Å². The topological polar surface area (TPSA) is 118 Å². The van der Waals surface area contributed by atoms with Crippen LogP contribution in [0.25, 0.3) is 0 Å². The van der Waals surface area contributed by atoms with Crippen molar-refractivity contribution in [3.63, 3.8) is 0 Å². The summed E-state index contributed by atoms with van der Waals surface area (Å²) in [5, 5.41) is 2.62. The van der Waals surface area contributed by atoms with Crippen molar-refractivity contribution >= 4 is 34.6 Å². The molecule has 1 aromatic carbocycles. The van der Waals surface area contributed by atoms with Crippen LogP contribution in [0.5, 0.6) is 0 Å². The normalized spacial score (nSPS) is 24.3. The Kier molecular flexibility index (Phi) is 8.98. The number of Topliss-reactive ketones (excluding diaryl/α,β-unsaturated/α-hetero) is 1. The first-order valence-corrected chi connectivity index (χ1v) is 17.9. The first-order chi connectivity index (χ1) is 18.8. The summed E-state index contributed by atoms with van der Waals surface area (Å²) in [4.78, 5) is 43.3. The maximum absolute atomic E-state index is 13.8. The van der Waals surface area contributed by atoms with Gasteiger partial charge < -0.3 is 23.0 Å². The number of benzene rings is 1. The van der Waals surface area contributed by atoms with Gasteiger partial charge in [0.1, 0.15) is 18.0 Å². The van der Waals surface area contributed by atoms with Crippen LogP contribution in [-0.4, -0.2) is 57.2 Å². The third-order valence-corrected chi connectivity index (χ3v) is 18.1. The Morgan fingerprint density at radius 1 is 0.925 bits per heavy atom. The molecule has 0 radical (unpaired) electrons. The SMILES string of the molecule is CC(C)[Si]1(C(C)C)OC[C@@H]2O[C@@H](n3ccc(NC(=O)c4ccccc4)nc3=O)C(=O)C2O[Si](C(C)C)(C(C)C)O1. The van der Waals surface area contributed by atoms with Gasteiger partial charge in [-0.05, 0) is 40.4 Å². The average Bonchev–Trinajstić information content (AvgIpc) is 3.18. The van der Waals surface area contributed by atoms with Gasteiger partial charge in [0.05, 0.1) is 6.61 Å². The summed E-state index contributed by atoms with van der Waals surface area (Å²) in [6.07, 6.45) is -1.45. The van der Waals surface area contributed by atoms with E-state index in [1.807, 2.05) is 0 Å². The number of carbonyl (C=O) groups is 2. The lowest BCUT2D eigenvalue weighted by Gasteiger charge is -2.50. The fourth-order valence-electron chi connectivity index (χ4n) is 5.65. The molecule has 0 saturated carbocycles. The summed E-state index contributed by atoms with van der Waals surface area (Å²) in [6, 6.07) is 10.1. The summed E-state index contributed by atoms with van der Waals surface area (Å²) >= 11 is 0. The lowest BCUT2D eigenvalue weighted by molar-refractivity contribution is -0.130. The molecular formula is C28H41N3O7Si2. The molecule has 1 unspecified atom stereocenters. The summed E-state index contributed by atoms with van der Waals surface area (Å²) < 4.78 is 28.0. The molecule has 3 atom stereocenters. The summed E-state index contributed by atoms with van der Waals surface area (Å²) in [6.45, 7) is 16.9. The third-order valence-electron chi connectivity index (χ3n) is 7.85. The molecule has 2 aromatic rings. The minimum atomic E-state index is -3.03. The highest BCUT2D eigenvalue weighted by Gasteiger charge is 2.61. The number of aromatic nitrogens is 2. The fraction of sp³-hybridized carbons (Fsp3) is 0.571. The first kappa shape index (κ1) is 30.5. The number of anilines is 1. The Labute approximate surface area is 237 Å². The Hall–Kier alpha value is -2.49. The number of hydrogen-bond donors (Lipinski definition) is 1. The molecule has 0 aliphatic carbocycles. The minimum Gasteiger partial charge on any atom is -0.414 e. The van der Waals surface area contributed by atoms with E-state index in [1.165, 1.54) is 12.3 Å². The predicted octanol–water partition coefficient (Wildman–Crippen LogP) is 4.92. The highest BCUT2D eigenvalue weighted by atomic mass is 28.5. The van der Waals surface area contributed by atoms with Crippen LogP contribution >= 0.6 is 0 Å². The molecule has 0 spiro atoms. The van der Waals surface area contributed by atoms with Gasteiger partial charge in [0.15, 0.2) is 0 Å². The number of amides is 1. The number of ketones is 1. The van der Waals surface area contributed by atoms with Crippen molar-refractivity contribution in [2.24, 2.45) is 0 Å². The molecule has 12 heteroatoms. The maximum Gasteiger partial charge on any atom is 0.352 e. The maximum atomic E-state index is 13.8. The zero-order valence-corrected chi connectivity index (χ0v) is 26.5. The van der Waals surface area contributed by atoms with Crippen LogP contribution in [0.2, 0.25) is 22.2 Å². The smallest absolute Gasteiger partial charge is 0.352 e. The van der Waals surface area contributed by atoms with E-state index in [0.717, 1.165) is 4.57 Å². The molecule has 1 aromatic heterocycles. The fourth-order valence-corrected chi connectivity index (χ4v) is 16.8. The van der Waals surface area contributed by atoms with Crippen LogP contribution < -0.4 is 11.0 Å². The van der Waals surface area contributed by atoms with E-state index in [1.54, 1.807) is 30.3 Å². The van der Waals surface area contributed by atoms with Crippen LogP contribution in [0, 0.1) is 0 Å². The third kappa shape index (κ3) is 5.52. The second-order valence-corrected chi connectivity index (χ2v) is 20.6. The van der Waals surface area contributed by atoms with Crippen LogP contribution in [-0.2, 0) is 22.5 Å². The molecule has 0 bridgehead atoms. The summed E-state index contributed by atoms with van der Waals surface area (Å²) in [7, 11) is -5.83. The van der Waals surface area contributed by atoms with Crippen molar-refractivity contribution in [1.29, 1.82) is 0 Å². The van der Waals surface area contributed by atoms with Crippen molar-refractivity contribution < 1.29 is 27.3 Å². The number of ether oxygens (including phenoxy) is 1. The van der Waals surface area contributed by atoms with Crippen LogP contribution in [0.1, 0.15) is 72.0 Å². The lowest BCUT2D eigenvalue weighted by atomic mass is 10.1. The van der Waals surface area contributed by atoms with E-state index in [2.05, 4.69) is 65.7 Å². The Morgan fingerprint density at radius 2 is 1.52 bits per heavy atom. The molecule has 2 aliphatic rings. The minimum absolute atomic E-state index is 0.0444. The molecule has 2 aliphatic heterocycles. The van der Waals surface area contributed by atoms with Crippen molar-refractivity contribution in [2.75, 3.05) is 11.9 Å². The second-order valence-electron chi connectivity index (χ2n) is 11.8. The van der Waals surface area contributed by atoms with Gasteiger partial charge in [0.2, 0.25) is 12.0 Å². The molecule has 218 valence electrons. The largest absolute Gasteiger partial charge is 0.414 e. The molecule has 10 nitrogen and oxygen atoms in total. The van der Waals surface area contributed by atoms with Gasteiger partial charge in [-0.1, -0.05) is 73.6 Å². The van der Waals surface area contributed by atoms with Gasteiger partial charge in [-0.25, -0.2) is 4.79 Å². The number of fused-ring (bicyclic) bond motifs is 1. The van der Waals surface area contributed by atoms with E-state index in [9.17, 15) is 14.4 Å². The highest BCUT2D eigenvalue weighted by Crippen LogP contribution is 2.47. The van der Waals surface area contributed by atoms with Crippen LogP contribution in [0.3, 0.4) is 0 Å². The molecular weight excluding hydrogens is 546 g/mol. The van der Waals surface area contributed by atoms with E-state index in [-0.39, 0.29) is 40.4 Å². The van der Waals surface area contributed by atoms with Crippen molar-refractivity contribution in [3.05, 3.63) is 58.6 Å². The molecule has 2 fully saturated rings. The van der Waals surface area contributed by atoms with E-state index in [0.29, 0.717) is 5.56 Å². The number of nitrogens with zero attached hydrogens (tertiary/aromatic N) is 2. The van der Waals surface area contributed by atoms with Gasteiger partial charge in [0, 0.05) is 11.8 Å². The molecule has 40 heavy (non-hydrogen) atoms. The van der Waals surface area contributed by atoms with Gasteiger partial charge in [-0.15, -0.1) is 0 Å². The molecule has 2 saturated heterocycles. The number of rotatable bonds is 7. The monoisotopic (exact) mass is 587 g/mol. The molecule has 3 heterocycles. The van der Waals surface area contributed by atoms with Crippen molar-refractivity contribution in [2.45, 2.75) is 96.0 Å². The van der Waals surface area contributed by atoms with Crippen molar-refractivity contribution in [1.82, 2.24) is 9.55 Å². The first-order valence-electron chi connectivity index (χ1n) is 14.0. The lowest BCUT2D eigenvalue weighted by Crippen LogP contribution is -2.65. The second kappa shape index (κ2) is 11.8. The summed E-state index contributed by atoms with van der Waals surface area (Å²) in [5.41, 5.74) is 0.0976. The summed E-state index contributed by atoms with van der Waals surface area (Å²) in [5.74, 6) is -0.687. The average molecular weight is 588 g/mol. The van der Waals surface area contributed by atoms with Gasteiger partial charge in [-0.3, -0.25) is 14.2 Å². The van der Waals surface area contributed by atoms with Crippen LogP contribution in [0.4, 0.5) is 5.82 Å². The highest BCUT2D eigenvalue weighted by molar-refractivity contribution is 6.84. The number of carbonyl (C=O) groups excluding carboxylic acids is 2. The Balaban J connectivity index is 1.65. The number of nitrogens with one attached hydrogen (secondary N) is 1. The molecule has 1 amide bonds. The standard InChI is InChI=1S/C28H41N3O7Si2/c1-17(2)39(18(3)4)35-16-22-25(37-40(38-39,19(5)6)20(7)8)24(32)27(36-22)31-15-14-23(30-28(31)34)29-26(33)21-12-10-9-11-13-21/h9-15,17-20,22,25,27H,16H2,1-8H3,(H,29,30,33,34)/t22-,25?,27+/m0/s1. The van der Waals surface area contributed by atoms with E-state index in [4.69, 9.17) is 17.7 Å². The molecule has 1 N–H and O–H groups in total. The Bertz CT molecular complexity index is 1270. The number of hydrogen-bond acceptors (Lipinski definition) is 8. The Morgan fingerprint density at radius 3 is 2.08 bits per heavy atom. The van der Waals surface area contributed by atoms with E-state index < -0.39 is 47.2 Å². The zero-order chi connectivity index (χ0) is 29.4. The van der Waals surface area contributed by atoms with Gasteiger partial charge >= 0.3 is 22.8 Å².